The lowest BCUT2D eigenvalue weighted by Crippen LogP contribution is -2.46. The topological polar surface area (TPSA) is 108 Å². The predicted molar refractivity (Wildman–Crippen MR) is 279 cm³/mol. The fourth-order valence-electron chi connectivity index (χ4n) is 8.74. The number of unbranched alkanes of at least 4 members (excludes halogenated alkanes) is 38. The number of carbonyl (C=O) groups excluding carboxylic acids is 1. The Balaban J connectivity index is 4.17. The molecule has 3 unspecified atom stereocenters. The van der Waals surface area contributed by atoms with Gasteiger partial charge in [0, 0.05) is 6.42 Å². The Labute approximate surface area is 405 Å². The minimum atomic E-state index is -4.57. The summed E-state index contributed by atoms with van der Waals surface area (Å²) in [4.78, 5) is 25.5. The average Bonchev–Trinajstić information content (AvgIpc) is 3.26. The van der Waals surface area contributed by atoms with Crippen LogP contribution in [0.5, 0.6) is 0 Å². The summed E-state index contributed by atoms with van der Waals surface area (Å²) in [5.41, 5.74) is 0. The lowest BCUT2D eigenvalue weighted by Gasteiger charge is -2.30. The summed E-state index contributed by atoms with van der Waals surface area (Å²) in [5, 5.41) is 14.0. The van der Waals surface area contributed by atoms with Crippen LogP contribution in [0.25, 0.3) is 0 Å². The number of phosphoric acid groups is 1. The van der Waals surface area contributed by atoms with Crippen LogP contribution in [0.2, 0.25) is 0 Å². The number of nitrogens with one attached hydrogen (secondary N) is 1. The van der Waals surface area contributed by atoms with E-state index in [1.54, 1.807) is 0 Å². The zero-order chi connectivity index (χ0) is 47.8. The molecule has 8 nitrogen and oxygen atoms in total. The first kappa shape index (κ1) is 64.2. The second kappa shape index (κ2) is 48.3. The van der Waals surface area contributed by atoms with E-state index in [-0.39, 0.29) is 19.1 Å². The molecule has 0 saturated heterocycles. The molecule has 0 rings (SSSR count). The Morgan fingerprint density at radius 1 is 0.523 bits per heavy atom. The van der Waals surface area contributed by atoms with Crippen LogP contribution >= 0.6 is 7.82 Å². The molecule has 0 spiro atoms. The van der Waals surface area contributed by atoms with Crippen molar-refractivity contribution in [3.63, 3.8) is 0 Å². The molecule has 3 atom stereocenters. The van der Waals surface area contributed by atoms with Gasteiger partial charge < -0.3 is 28.8 Å². The summed E-state index contributed by atoms with van der Waals surface area (Å²) in [6.45, 7) is 4.76. The average molecular weight is 942 g/mol. The molecule has 9 heteroatoms. The first-order chi connectivity index (χ1) is 31.5. The fraction of sp³-hybridized carbons (Fsp3) is 0.946. The van der Waals surface area contributed by atoms with Crippen LogP contribution in [0.4, 0.5) is 0 Å². The third-order valence-corrected chi connectivity index (χ3v) is 14.2. The minimum absolute atomic E-state index is 0.0137. The van der Waals surface area contributed by atoms with Crippen molar-refractivity contribution in [2.45, 2.75) is 302 Å². The smallest absolute Gasteiger partial charge is 0.268 e. The van der Waals surface area contributed by atoms with E-state index in [0.29, 0.717) is 23.9 Å². The molecule has 0 aromatic heterocycles. The van der Waals surface area contributed by atoms with Crippen molar-refractivity contribution < 1.29 is 32.9 Å². The number of carbonyl (C=O) groups is 1. The zero-order valence-electron chi connectivity index (χ0n) is 44.2. The molecule has 0 aromatic carbocycles. The first-order valence-corrected chi connectivity index (χ1v) is 30.0. The van der Waals surface area contributed by atoms with Crippen LogP contribution in [0.15, 0.2) is 12.2 Å². The van der Waals surface area contributed by atoms with Crippen LogP contribution in [-0.4, -0.2) is 68.5 Å². The van der Waals surface area contributed by atoms with Gasteiger partial charge in [0.25, 0.3) is 7.82 Å². The maximum absolute atomic E-state index is 13.0. The number of likely N-dealkylation sites (N-methyl/N-ethyl adjacent to an activating group) is 1. The highest BCUT2D eigenvalue weighted by Gasteiger charge is 2.24. The normalized spacial score (nSPS) is 14.0. The Kier molecular flexibility index (Phi) is 47.7. The van der Waals surface area contributed by atoms with Crippen LogP contribution in [-0.2, 0) is 18.4 Å². The second-order valence-electron chi connectivity index (χ2n) is 21.0. The number of allylic oxidation sites excluding steroid dienone is 2. The molecule has 1 amide bonds. The molecular formula is C56H113N2O6P. The molecule has 0 bridgehead atoms. The molecule has 0 aromatic rings. The Hall–Kier alpha value is -0.760. The molecule has 0 heterocycles. The van der Waals surface area contributed by atoms with Crippen LogP contribution in [0.1, 0.15) is 290 Å². The molecular weight excluding hydrogens is 828 g/mol. The fourth-order valence-corrected chi connectivity index (χ4v) is 9.47. The van der Waals surface area contributed by atoms with E-state index in [9.17, 15) is 19.4 Å². The Morgan fingerprint density at radius 2 is 0.846 bits per heavy atom. The van der Waals surface area contributed by atoms with Gasteiger partial charge in [-0.3, -0.25) is 9.36 Å². The van der Waals surface area contributed by atoms with E-state index in [4.69, 9.17) is 9.05 Å². The van der Waals surface area contributed by atoms with Gasteiger partial charge in [-0.1, -0.05) is 257 Å². The number of hydrogen-bond donors (Lipinski definition) is 2. The Bertz CT molecular complexity index is 1070. The summed E-state index contributed by atoms with van der Waals surface area (Å²) in [6.07, 6.45) is 58.1. The van der Waals surface area contributed by atoms with E-state index in [1.807, 2.05) is 21.1 Å². The SMILES string of the molecule is CCCCCCCCCCCC/C=C\CCCCCCCCCC(=O)NC(COP(=O)([O-])OCC[N+](C)(C)C)C(O)CCCCCCCCCCCCCCCCCCCCCCCC. The summed E-state index contributed by atoms with van der Waals surface area (Å²) in [5.74, 6) is -0.164. The number of phosphoric ester groups is 1. The quantitative estimate of drug-likeness (QED) is 0.0272. The van der Waals surface area contributed by atoms with Gasteiger partial charge in [0.15, 0.2) is 0 Å². The summed E-state index contributed by atoms with van der Waals surface area (Å²) in [6, 6.07) is -0.800. The van der Waals surface area contributed by atoms with Gasteiger partial charge in [0.05, 0.1) is 39.9 Å². The summed E-state index contributed by atoms with van der Waals surface area (Å²) < 4.78 is 23.4. The van der Waals surface area contributed by atoms with Crippen molar-refractivity contribution >= 4 is 13.7 Å². The number of rotatable bonds is 53. The second-order valence-corrected chi connectivity index (χ2v) is 22.4. The van der Waals surface area contributed by atoms with Gasteiger partial charge in [0.2, 0.25) is 5.91 Å². The molecule has 0 saturated carbocycles. The third kappa shape index (κ3) is 50.9. The van der Waals surface area contributed by atoms with Gasteiger partial charge in [-0.2, -0.15) is 0 Å². The third-order valence-electron chi connectivity index (χ3n) is 13.3. The van der Waals surface area contributed by atoms with E-state index in [2.05, 4.69) is 31.3 Å². The van der Waals surface area contributed by atoms with Crippen LogP contribution in [0.3, 0.4) is 0 Å². The van der Waals surface area contributed by atoms with E-state index in [0.717, 1.165) is 38.5 Å². The number of quaternary nitrogens is 1. The van der Waals surface area contributed by atoms with E-state index in [1.165, 1.54) is 225 Å². The van der Waals surface area contributed by atoms with Gasteiger partial charge in [-0.25, -0.2) is 0 Å². The largest absolute Gasteiger partial charge is 0.756 e. The maximum Gasteiger partial charge on any atom is 0.268 e. The van der Waals surface area contributed by atoms with E-state index >= 15 is 0 Å². The number of hydrogen-bond acceptors (Lipinski definition) is 6. The van der Waals surface area contributed by atoms with Crippen molar-refractivity contribution in [1.82, 2.24) is 5.32 Å². The molecule has 0 aliphatic rings. The molecule has 388 valence electrons. The van der Waals surface area contributed by atoms with Crippen molar-refractivity contribution in [1.29, 1.82) is 0 Å². The number of nitrogens with zero attached hydrogens (tertiary/aromatic N) is 1. The molecule has 2 N–H and O–H groups in total. The first-order valence-electron chi connectivity index (χ1n) is 28.5. The number of amides is 1. The van der Waals surface area contributed by atoms with Crippen molar-refractivity contribution in [2.75, 3.05) is 40.9 Å². The van der Waals surface area contributed by atoms with E-state index < -0.39 is 20.0 Å². The molecule has 0 aliphatic carbocycles. The standard InChI is InChI=1S/C56H113N2O6P/c1-6-8-10-12-14-16-18-20-22-24-26-28-30-31-33-35-37-39-41-43-45-47-49-55(59)54(53-64-65(61,62)63-52-51-58(3,4)5)57-56(60)50-48-46-44-42-40-38-36-34-32-29-27-25-23-21-19-17-15-13-11-9-7-2/h29,32,54-55,59H,6-28,30-31,33-53H2,1-5H3,(H-,57,60,61,62)/b32-29-. The summed E-state index contributed by atoms with van der Waals surface area (Å²) in [7, 11) is 1.32. The van der Waals surface area contributed by atoms with Crippen molar-refractivity contribution in [3.05, 3.63) is 12.2 Å². The molecule has 0 fully saturated rings. The van der Waals surface area contributed by atoms with Crippen LogP contribution < -0.4 is 10.2 Å². The van der Waals surface area contributed by atoms with Gasteiger partial charge in [-0.15, -0.1) is 0 Å². The lowest BCUT2D eigenvalue weighted by atomic mass is 10.0. The number of aliphatic hydroxyl groups excluding tert-OH is 1. The Morgan fingerprint density at radius 3 is 1.20 bits per heavy atom. The highest BCUT2D eigenvalue weighted by Crippen LogP contribution is 2.38. The maximum atomic E-state index is 13.0. The van der Waals surface area contributed by atoms with Gasteiger partial charge in [0.1, 0.15) is 13.2 Å². The minimum Gasteiger partial charge on any atom is -0.756 e. The molecule has 0 radical (unpaired) electrons. The van der Waals surface area contributed by atoms with Crippen LogP contribution in [0, 0.1) is 0 Å². The predicted octanol–water partition coefficient (Wildman–Crippen LogP) is 16.4. The van der Waals surface area contributed by atoms with Crippen molar-refractivity contribution in [2.24, 2.45) is 0 Å². The van der Waals surface area contributed by atoms with Gasteiger partial charge >= 0.3 is 0 Å². The highest BCUT2D eigenvalue weighted by atomic mass is 31.2. The number of aliphatic hydroxyl groups is 1. The monoisotopic (exact) mass is 941 g/mol. The molecule has 65 heavy (non-hydrogen) atoms. The lowest BCUT2D eigenvalue weighted by molar-refractivity contribution is -0.870. The summed E-state index contributed by atoms with van der Waals surface area (Å²) >= 11 is 0. The molecule has 0 aliphatic heterocycles. The van der Waals surface area contributed by atoms with Crippen molar-refractivity contribution in [3.8, 4) is 0 Å². The van der Waals surface area contributed by atoms with Gasteiger partial charge in [-0.05, 0) is 38.5 Å². The highest BCUT2D eigenvalue weighted by molar-refractivity contribution is 7.45. The zero-order valence-corrected chi connectivity index (χ0v) is 45.1.